The van der Waals surface area contributed by atoms with Gasteiger partial charge in [-0.15, -0.1) is 10.2 Å². The zero-order valence-electron chi connectivity index (χ0n) is 7.53. The molecule has 0 aliphatic carbocycles. The van der Waals surface area contributed by atoms with Gasteiger partial charge in [-0.05, 0) is 17.3 Å². The SMILES string of the molecule is O=C(O)c1cnccc1-c1ccnnn1. The van der Waals surface area contributed by atoms with Crippen molar-refractivity contribution in [2.24, 2.45) is 0 Å². The third-order valence-corrected chi connectivity index (χ3v) is 1.83. The summed E-state index contributed by atoms with van der Waals surface area (Å²) in [7, 11) is 0. The Morgan fingerprint density at radius 2 is 2.13 bits per heavy atom. The van der Waals surface area contributed by atoms with Crippen LogP contribution in [-0.4, -0.2) is 31.5 Å². The fraction of sp³-hybridized carbons (Fsp3) is 0. The van der Waals surface area contributed by atoms with Crippen molar-refractivity contribution >= 4 is 5.97 Å². The van der Waals surface area contributed by atoms with Crippen molar-refractivity contribution in [3.8, 4) is 11.3 Å². The van der Waals surface area contributed by atoms with Gasteiger partial charge in [-0.1, -0.05) is 0 Å². The molecule has 1 N–H and O–H groups in total. The second-order valence-corrected chi connectivity index (χ2v) is 2.73. The zero-order chi connectivity index (χ0) is 10.7. The lowest BCUT2D eigenvalue weighted by Crippen LogP contribution is -2.01. The Kier molecular flexibility index (Phi) is 2.32. The first kappa shape index (κ1) is 9.20. The summed E-state index contributed by atoms with van der Waals surface area (Å²) in [6, 6.07) is 3.17. The topological polar surface area (TPSA) is 88.9 Å². The molecule has 0 unspecified atom stereocenters. The molecule has 15 heavy (non-hydrogen) atoms. The van der Waals surface area contributed by atoms with Gasteiger partial charge >= 0.3 is 5.97 Å². The molecule has 0 atom stereocenters. The average molecular weight is 202 g/mol. The summed E-state index contributed by atoms with van der Waals surface area (Å²) in [4.78, 5) is 14.6. The van der Waals surface area contributed by atoms with Crippen LogP contribution in [0.2, 0.25) is 0 Å². The molecule has 0 aromatic carbocycles. The Morgan fingerprint density at radius 1 is 1.27 bits per heavy atom. The van der Waals surface area contributed by atoms with Gasteiger partial charge in [0.25, 0.3) is 0 Å². The van der Waals surface area contributed by atoms with Gasteiger partial charge < -0.3 is 5.11 Å². The van der Waals surface area contributed by atoms with Crippen LogP contribution in [0.5, 0.6) is 0 Å². The highest BCUT2D eigenvalue weighted by Crippen LogP contribution is 2.19. The Bertz CT molecular complexity index is 486. The number of carboxylic acids is 1. The molecule has 0 saturated carbocycles. The molecule has 0 amide bonds. The number of hydrogen-bond acceptors (Lipinski definition) is 5. The summed E-state index contributed by atoms with van der Waals surface area (Å²) in [5, 5.41) is 19.6. The van der Waals surface area contributed by atoms with E-state index in [1.54, 1.807) is 12.1 Å². The van der Waals surface area contributed by atoms with Crippen LogP contribution in [0.15, 0.2) is 30.7 Å². The van der Waals surface area contributed by atoms with E-state index in [4.69, 9.17) is 5.11 Å². The van der Waals surface area contributed by atoms with Crippen molar-refractivity contribution in [1.29, 1.82) is 0 Å². The van der Waals surface area contributed by atoms with Gasteiger partial charge in [0.2, 0.25) is 0 Å². The molecule has 0 fully saturated rings. The van der Waals surface area contributed by atoms with Gasteiger partial charge in [0.1, 0.15) is 0 Å². The molecule has 0 aliphatic heterocycles. The average Bonchev–Trinajstić information content (AvgIpc) is 2.30. The molecule has 74 valence electrons. The molecule has 0 saturated heterocycles. The van der Waals surface area contributed by atoms with Gasteiger partial charge in [-0.25, -0.2) is 4.79 Å². The summed E-state index contributed by atoms with van der Waals surface area (Å²) in [6.07, 6.45) is 4.23. The summed E-state index contributed by atoms with van der Waals surface area (Å²) in [6.45, 7) is 0. The molecule has 0 spiro atoms. The number of rotatable bonds is 2. The molecule has 2 aromatic heterocycles. The summed E-state index contributed by atoms with van der Waals surface area (Å²) in [5.41, 5.74) is 1.04. The van der Waals surface area contributed by atoms with E-state index in [2.05, 4.69) is 20.4 Å². The van der Waals surface area contributed by atoms with E-state index in [9.17, 15) is 4.79 Å². The first-order chi connectivity index (χ1) is 7.29. The maximum atomic E-state index is 10.9. The highest BCUT2D eigenvalue weighted by Gasteiger charge is 2.12. The predicted molar refractivity (Wildman–Crippen MR) is 50.0 cm³/mol. The van der Waals surface area contributed by atoms with Crippen LogP contribution >= 0.6 is 0 Å². The maximum Gasteiger partial charge on any atom is 0.337 e. The van der Waals surface area contributed by atoms with Crippen LogP contribution < -0.4 is 0 Å². The summed E-state index contributed by atoms with van der Waals surface area (Å²) in [5.74, 6) is -1.04. The lowest BCUT2D eigenvalue weighted by molar-refractivity contribution is 0.0697. The van der Waals surface area contributed by atoms with E-state index in [0.29, 0.717) is 11.3 Å². The third-order valence-electron chi connectivity index (χ3n) is 1.83. The first-order valence-electron chi connectivity index (χ1n) is 4.11. The minimum Gasteiger partial charge on any atom is -0.478 e. The molecular formula is C9H6N4O2. The molecule has 0 bridgehead atoms. The van der Waals surface area contributed by atoms with E-state index in [1.807, 2.05) is 0 Å². The van der Waals surface area contributed by atoms with Gasteiger partial charge in [0, 0.05) is 18.0 Å². The molecule has 2 aromatic rings. The van der Waals surface area contributed by atoms with Gasteiger partial charge in [0.05, 0.1) is 17.5 Å². The van der Waals surface area contributed by atoms with E-state index in [-0.39, 0.29) is 5.56 Å². The molecule has 0 aliphatic rings. The van der Waals surface area contributed by atoms with Crippen LogP contribution in [0.25, 0.3) is 11.3 Å². The van der Waals surface area contributed by atoms with E-state index < -0.39 is 5.97 Å². The molecule has 2 heterocycles. The van der Waals surface area contributed by atoms with Crippen LogP contribution in [-0.2, 0) is 0 Å². The first-order valence-corrected chi connectivity index (χ1v) is 4.11. The highest BCUT2D eigenvalue weighted by atomic mass is 16.4. The predicted octanol–water partition coefficient (Wildman–Crippen LogP) is 0.632. The quantitative estimate of drug-likeness (QED) is 0.768. The van der Waals surface area contributed by atoms with Gasteiger partial charge in [0.15, 0.2) is 0 Å². The van der Waals surface area contributed by atoms with Crippen molar-refractivity contribution in [2.45, 2.75) is 0 Å². The van der Waals surface area contributed by atoms with Crippen LogP contribution in [0.3, 0.4) is 0 Å². The number of carboxylic acid groups (broad SMARTS) is 1. The fourth-order valence-corrected chi connectivity index (χ4v) is 1.17. The Hall–Kier alpha value is -2.37. The molecule has 6 nitrogen and oxygen atoms in total. The second-order valence-electron chi connectivity index (χ2n) is 2.73. The second kappa shape index (κ2) is 3.79. The molecule has 0 radical (unpaired) electrons. The fourth-order valence-electron chi connectivity index (χ4n) is 1.17. The van der Waals surface area contributed by atoms with Crippen molar-refractivity contribution in [1.82, 2.24) is 20.4 Å². The van der Waals surface area contributed by atoms with Crippen LogP contribution in [0.1, 0.15) is 10.4 Å². The number of aromatic carboxylic acids is 1. The van der Waals surface area contributed by atoms with Crippen molar-refractivity contribution < 1.29 is 9.90 Å². The normalized spacial score (nSPS) is 9.87. The number of aromatic nitrogens is 4. The van der Waals surface area contributed by atoms with E-state index >= 15 is 0 Å². The van der Waals surface area contributed by atoms with Crippen molar-refractivity contribution in [3.05, 3.63) is 36.3 Å². The van der Waals surface area contributed by atoms with Crippen molar-refractivity contribution in [3.63, 3.8) is 0 Å². The summed E-state index contributed by atoms with van der Waals surface area (Å²) < 4.78 is 0. The number of carbonyl (C=O) groups is 1. The Morgan fingerprint density at radius 3 is 2.80 bits per heavy atom. The van der Waals surface area contributed by atoms with E-state index in [1.165, 1.54) is 18.6 Å². The monoisotopic (exact) mass is 202 g/mol. The lowest BCUT2D eigenvalue weighted by Gasteiger charge is -2.02. The standard InChI is InChI=1S/C9H6N4O2/c14-9(15)7-5-10-3-1-6(7)8-2-4-11-13-12-8/h1-5H,(H,14,15). The smallest absolute Gasteiger partial charge is 0.337 e. The van der Waals surface area contributed by atoms with E-state index in [0.717, 1.165) is 0 Å². The van der Waals surface area contributed by atoms with Gasteiger partial charge in [-0.2, -0.15) is 0 Å². The molecule has 6 heteroatoms. The number of pyridine rings is 1. The van der Waals surface area contributed by atoms with Crippen LogP contribution in [0.4, 0.5) is 0 Å². The minimum absolute atomic E-state index is 0.0954. The maximum absolute atomic E-state index is 10.9. The third kappa shape index (κ3) is 1.78. The molecular weight excluding hydrogens is 196 g/mol. The van der Waals surface area contributed by atoms with Gasteiger partial charge in [-0.3, -0.25) is 4.98 Å². The number of hydrogen-bond donors (Lipinski definition) is 1. The van der Waals surface area contributed by atoms with Crippen LogP contribution in [0, 0.1) is 0 Å². The largest absolute Gasteiger partial charge is 0.478 e. The summed E-state index contributed by atoms with van der Waals surface area (Å²) >= 11 is 0. The number of nitrogens with zero attached hydrogens (tertiary/aromatic N) is 4. The Labute approximate surface area is 84.6 Å². The van der Waals surface area contributed by atoms with Crippen molar-refractivity contribution in [2.75, 3.05) is 0 Å². The Balaban J connectivity index is 2.58. The minimum atomic E-state index is -1.04. The highest BCUT2D eigenvalue weighted by molar-refractivity contribution is 5.94. The lowest BCUT2D eigenvalue weighted by atomic mass is 10.1. The zero-order valence-corrected chi connectivity index (χ0v) is 7.53. The molecule has 2 rings (SSSR count).